The number of amides is 1. The van der Waals surface area contributed by atoms with Crippen LogP contribution in [0.3, 0.4) is 0 Å². The lowest BCUT2D eigenvalue weighted by molar-refractivity contribution is 0.0922. The quantitative estimate of drug-likeness (QED) is 0.513. The van der Waals surface area contributed by atoms with E-state index in [0.29, 0.717) is 10.0 Å². The van der Waals surface area contributed by atoms with Crippen LogP contribution in [0.2, 0.25) is 0 Å². The number of hydrogen-bond donors (Lipinski definition) is 2. The number of nitrogen functional groups attached to an aromatic ring is 1. The Labute approximate surface area is 116 Å². The molecule has 0 atom stereocenters. The second-order valence-corrected chi connectivity index (χ2v) is 4.53. The van der Waals surface area contributed by atoms with Crippen LogP contribution in [0, 0.1) is 5.82 Å². The largest absolute Gasteiger partial charge is 0.486 e. The Hall–Kier alpha value is -1.86. The predicted molar refractivity (Wildman–Crippen MR) is 68.8 cm³/mol. The number of hydrazine groups is 1. The van der Waals surface area contributed by atoms with E-state index in [2.05, 4.69) is 15.9 Å². The number of benzene rings is 1. The van der Waals surface area contributed by atoms with Gasteiger partial charge in [-0.3, -0.25) is 10.2 Å². The number of furan rings is 1. The fourth-order valence-electron chi connectivity index (χ4n) is 1.46. The highest BCUT2D eigenvalue weighted by atomic mass is 79.9. The Morgan fingerprint density at radius 3 is 2.95 bits per heavy atom. The van der Waals surface area contributed by atoms with Crippen LogP contribution in [0.4, 0.5) is 4.39 Å². The van der Waals surface area contributed by atoms with Crippen molar-refractivity contribution in [2.24, 2.45) is 5.84 Å². The second kappa shape index (κ2) is 5.85. The van der Waals surface area contributed by atoms with Gasteiger partial charge in [-0.15, -0.1) is 0 Å². The molecule has 0 aliphatic rings. The number of nitrogens with one attached hydrogen (secondary N) is 1. The minimum Gasteiger partial charge on any atom is -0.486 e. The van der Waals surface area contributed by atoms with E-state index in [0.717, 1.165) is 0 Å². The molecule has 1 amide bonds. The molecule has 0 fully saturated rings. The van der Waals surface area contributed by atoms with Gasteiger partial charge in [0.25, 0.3) is 0 Å². The summed E-state index contributed by atoms with van der Waals surface area (Å²) < 4.78 is 24.4. The first-order valence-corrected chi connectivity index (χ1v) is 6.06. The van der Waals surface area contributed by atoms with Crippen molar-refractivity contribution < 1.29 is 18.3 Å². The zero-order valence-corrected chi connectivity index (χ0v) is 11.2. The minimum absolute atomic E-state index is 0.00218. The fourth-order valence-corrected chi connectivity index (χ4v) is 1.80. The van der Waals surface area contributed by atoms with Gasteiger partial charge in [-0.2, -0.15) is 0 Å². The average molecular weight is 329 g/mol. The van der Waals surface area contributed by atoms with Crippen LogP contribution < -0.4 is 16.0 Å². The normalized spacial score (nSPS) is 10.3. The molecule has 3 N–H and O–H groups in total. The van der Waals surface area contributed by atoms with E-state index >= 15 is 0 Å². The monoisotopic (exact) mass is 328 g/mol. The van der Waals surface area contributed by atoms with Gasteiger partial charge in [0.15, 0.2) is 17.3 Å². The first-order chi connectivity index (χ1) is 9.11. The number of rotatable bonds is 4. The zero-order chi connectivity index (χ0) is 13.8. The third-order valence-corrected chi connectivity index (χ3v) is 2.85. The Kier molecular flexibility index (Phi) is 4.18. The lowest BCUT2D eigenvalue weighted by Gasteiger charge is -2.07. The van der Waals surface area contributed by atoms with Gasteiger partial charge in [0.2, 0.25) is 0 Å². The number of carbonyl (C=O) groups is 1. The maximum absolute atomic E-state index is 13.5. The summed E-state index contributed by atoms with van der Waals surface area (Å²) in [6.45, 7) is -0.00218. The van der Waals surface area contributed by atoms with Gasteiger partial charge >= 0.3 is 5.91 Å². The zero-order valence-electron chi connectivity index (χ0n) is 9.65. The summed E-state index contributed by atoms with van der Waals surface area (Å²) in [5.74, 6) is 4.08. The summed E-state index contributed by atoms with van der Waals surface area (Å²) in [5, 5.41) is 0. The predicted octanol–water partition coefficient (Wildman–Crippen LogP) is 2.36. The summed E-state index contributed by atoms with van der Waals surface area (Å²) in [7, 11) is 0. The molecule has 7 heteroatoms. The Bertz CT molecular complexity index is 600. The molecule has 2 aromatic rings. The molecular formula is C12H10BrFN2O3. The van der Waals surface area contributed by atoms with E-state index < -0.39 is 11.7 Å². The van der Waals surface area contributed by atoms with Crippen LogP contribution in [0.15, 0.2) is 39.4 Å². The van der Waals surface area contributed by atoms with Crippen molar-refractivity contribution in [1.82, 2.24) is 5.43 Å². The van der Waals surface area contributed by atoms with Crippen LogP contribution in [0.25, 0.3) is 0 Å². The van der Waals surface area contributed by atoms with Gasteiger partial charge in [0.1, 0.15) is 6.61 Å². The molecule has 0 aliphatic carbocycles. The average Bonchev–Trinajstić information content (AvgIpc) is 2.85. The number of hydrogen-bond acceptors (Lipinski definition) is 4. The third kappa shape index (κ3) is 3.12. The Morgan fingerprint density at radius 1 is 1.47 bits per heavy atom. The Balaban J connectivity index is 2.10. The molecule has 0 bridgehead atoms. The van der Waals surface area contributed by atoms with E-state index in [1.165, 1.54) is 18.4 Å². The van der Waals surface area contributed by atoms with Crippen LogP contribution in [0.1, 0.15) is 16.1 Å². The van der Waals surface area contributed by atoms with Gasteiger partial charge in [-0.05, 0) is 24.3 Å². The minimum atomic E-state index is -0.570. The number of nitrogens with two attached hydrogens (primary N) is 1. The molecule has 0 saturated carbocycles. The van der Waals surface area contributed by atoms with Crippen LogP contribution in [-0.2, 0) is 6.61 Å². The lowest BCUT2D eigenvalue weighted by Crippen LogP contribution is -2.30. The molecule has 2 rings (SSSR count). The number of halogens is 2. The molecule has 0 aliphatic heterocycles. The molecule has 1 heterocycles. The first kappa shape index (κ1) is 13.6. The van der Waals surface area contributed by atoms with Crippen LogP contribution >= 0.6 is 15.9 Å². The van der Waals surface area contributed by atoms with Gasteiger partial charge in [-0.25, -0.2) is 10.2 Å². The van der Waals surface area contributed by atoms with Crippen molar-refractivity contribution in [2.75, 3.05) is 0 Å². The first-order valence-electron chi connectivity index (χ1n) is 5.27. The van der Waals surface area contributed by atoms with Gasteiger partial charge in [0.05, 0.1) is 6.26 Å². The summed E-state index contributed by atoms with van der Waals surface area (Å²) in [4.78, 5) is 11.4. The van der Waals surface area contributed by atoms with E-state index in [4.69, 9.17) is 15.0 Å². The van der Waals surface area contributed by atoms with Crippen molar-refractivity contribution >= 4 is 21.8 Å². The summed E-state index contributed by atoms with van der Waals surface area (Å²) >= 11 is 3.15. The standard InChI is InChI=1S/C12H10BrFN2O3/c13-8-1-2-10(9(14)5-8)19-6-7-3-4-18-11(7)12(17)16-15/h1-5H,6,15H2,(H,16,17). The maximum Gasteiger partial charge on any atom is 0.301 e. The molecule has 5 nitrogen and oxygen atoms in total. The van der Waals surface area contributed by atoms with Gasteiger partial charge in [-0.1, -0.05) is 15.9 Å². The molecule has 19 heavy (non-hydrogen) atoms. The second-order valence-electron chi connectivity index (χ2n) is 3.61. The molecule has 0 unspecified atom stereocenters. The van der Waals surface area contributed by atoms with Crippen LogP contribution in [-0.4, -0.2) is 5.91 Å². The summed E-state index contributed by atoms with van der Waals surface area (Å²) in [6, 6.07) is 5.99. The summed E-state index contributed by atoms with van der Waals surface area (Å²) in [5.41, 5.74) is 2.43. The Morgan fingerprint density at radius 2 is 2.26 bits per heavy atom. The molecule has 1 aromatic heterocycles. The van der Waals surface area contributed by atoms with Crippen molar-refractivity contribution in [2.45, 2.75) is 6.61 Å². The van der Waals surface area contributed by atoms with Crippen LogP contribution in [0.5, 0.6) is 5.75 Å². The van der Waals surface area contributed by atoms with Crippen molar-refractivity contribution in [3.8, 4) is 5.75 Å². The third-order valence-electron chi connectivity index (χ3n) is 2.36. The molecule has 100 valence electrons. The summed E-state index contributed by atoms with van der Waals surface area (Å²) in [6.07, 6.45) is 1.33. The van der Waals surface area contributed by atoms with Gasteiger partial charge < -0.3 is 9.15 Å². The van der Waals surface area contributed by atoms with E-state index in [-0.39, 0.29) is 18.1 Å². The SMILES string of the molecule is NNC(=O)c1occc1COc1ccc(Br)cc1F. The molecule has 1 aromatic carbocycles. The lowest BCUT2D eigenvalue weighted by atomic mass is 10.2. The number of carbonyl (C=O) groups excluding carboxylic acids is 1. The molecule has 0 radical (unpaired) electrons. The van der Waals surface area contributed by atoms with E-state index in [9.17, 15) is 9.18 Å². The molecule has 0 spiro atoms. The highest BCUT2D eigenvalue weighted by molar-refractivity contribution is 9.10. The molecule has 0 saturated heterocycles. The fraction of sp³-hybridized carbons (Fsp3) is 0.0833. The van der Waals surface area contributed by atoms with Gasteiger partial charge in [0, 0.05) is 10.0 Å². The molecular weight excluding hydrogens is 319 g/mol. The van der Waals surface area contributed by atoms with E-state index in [1.54, 1.807) is 12.1 Å². The highest BCUT2D eigenvalue weighted by Gasteiger charge is 2.15. The van der Waals surface area contributed by atoms with Crippen molar-refractivity contribution in [3.05, 3.63) is 52.1 Å². The van der Waals surface area contributed by atoms with Crippen molar-refractivity contribution in [1.29, 1.82) is 0 Å². The van der Waals surface area contributed by atoms with E-state index in [1.807, 2.05) is 5.43 Å². The highest BCUT2D eigenvalue weighted by Crippen LogP contribution is 2.23. The van der Waals surface area contributed by atoms with Crippen molar-refractivity contribution in [3.63, 3.8) is 0 Å². The number of ether oxygens (including phenoxy) is 1. The topological polar surface area (TPSA) is 77.5 Å². The maximum atomic E-state index is 13.5. The smallest absolute Gasteiger partial charge is 0.301 e.